The molecule has 0 spiro atoms. The molecule has 0 aliphatic heterocycles. The molecule has 0 radical (unpaired) electrons. The third-order valence-corrected chi connectivity index (χ3v) is 2.48. The summed E-state index contributed by atoms with van der Waals surface area (Å²) in [6.07, 6.45) is -3.11. The lowest BCUT2D eigenvalue weighted by Gasteiger charge is -2.07. The largest absolute Gasteiger partial charge is 0.481 e. The predicted molar refractivity (Wildman–Crippen MR) is 53.2 cm³/mol. The Bertz CT molecular complexity index is 377. The highest BCUT2D eigenvalue weighted by Crippen LogP contribution is 2.32. The first-order valence-corrected chi connectivity index (χ1v) is 4.93. The number of pyridine rings is 1. The Balaban J connectivity index is 3.13. The Morgan fingerprint density at radius 1 is 1.67 bits per heavy atom. The lowest BCUT2D eigenvalue weighted by Crippen LogP contribution is -2.04. The molecule has 0 aromatic carbocycles. The number of nitrogens with zero attached hydrogens (tertiary/aromatic N) is 1. The normalized spacial score (nSPS) is 10.7. The van der Waals surface area contributed by atoms with Gasteiger partial charge >= 0.3 is 5.97 Å². The predicted octanol–water partition coefficient (Wildman–Crippen LogP) is 3.06. The molecular weight excluding hydrogens is 295 g/mol. The maximum Gasteiger partial charge on any atom is 0.309 e. The van der Waals surface area contributed by atoms with Crippen molar-refractivity contribution in [3.63, 3.8) is 0 Å². The summed E-state index contributed by atoms with van der Waals surface area (Å²) in [7, 11) is 0. The zero-order valence-corrected chi connectivity index (χ0v) is 9.52. The summed E-state index contributed by atoms with van der Waals surface area (Å²) in [5, 5.41) is 8.29. The second kappa shape index (κ2) is 4.85. The third kappa shape index (κ3) is 3.10. The molecule has 0 saturated heterocycles. The average Bonchev–Trinajstić information content (AvgIpc) is 1.99. The summed E-state index contributed by atoms with van der Waals surface area (Å²) in [6, 6.07) is 1.13. The van der Waals surface area contributed by atoms with E-state index >= 15 is 0 Å². The van der Waals surface area contributed by atoms with Gasteiger partial charge in [-0.2, -0.15) is 0 Å². The maximum atomic E-state index is 12.4. The Hall–Kier alpha value is -0.750. The van der Waals surface area contributed by atoms with Crippen LogP contribution in [0.3, 0.4) is 0 Å². The number of aliphatic carboxylic acids is 1. The highest BCUT2D eigenvalue weighted by molar-refractivity contribution is 9.10. The molecule has 0 amide bonds. The van der Waals surface area contributed by atoms with Gasteiger partial charge in [0.25, 0.3) is 6.43 Å². The summed E-state index contributed by atoms with van der Waals surface area (Å²) < 4.78 is 24.7. The van der Waals surface area contributed by atoms with E-state index in [0.717, 1.165) is 6.07 Å². The van der Waals surface area contributed by atoms with Gasteiger partial charge in [0, 0.05) is 0 Å². The molecular formula is C8H5BrClF2NO2. The smallest absolute Gasteiger partial charge is 0.309 e. The molecule has 0 aliphatic carbocycles. The summed E-state index contributed by atoms with van der Waals surface area (Å²) >= 11 is 8.39. The van der Waals surface area contributed by atoms with Crippen LogP contribution in [-0.2, 0) is 11.2 Å². The molecule has 0 unspecified atom stereocenters. The molecule has 1 N–H and O–H groups in total. The molecule has 0 fully saturated rings. The van der Waals surface area contributed by atoms with Crippen molar-refractivity contribution in [3.05, 3.63) is 26.9 Å². The summed E-state index contributed by atoms with van der Waals surface area (Å²) in [6.45, 7) is 0. The van der Waals surface area contributed by atoms with Gasteiger partial charge in [0.05, 0.1) is 22.7 Å². The van der Waals surface area contributed by atoms with Gasteiger partial charge in [0.2, 0.25) is 0 Å². The Morgan fingerprint density at radius 3 is 2.67 bits per heavy atom. The van der Waals surface area contributed by atoms with Gasteiger partial charge in [0.1, 0.15) is 4.60 Å². The van der Waals surface area contributed by atoms with Crippen LogP contribution < -0.4 is 0 Å². The van der Waals surface area contributed by atoms with Crippen molar-refractivity contribution in [2.24, 2.45) is 0 Å². The molecule has 0 atom stereocenters. The van der Waals surface area contributed by atoms with Gasteiger partial charge < -0.3 is 5.11 Å². The first kappa shape index (κ1) is 12.3. The number of carboxylic acids is 1. The first-order chi connectivity index (χ1) is 6.91. The zero-order chi connectivity index (χ0) is 11.6. The number of alkyl halides is 2. The molecule has 0 bridgehead atoms. The second-order valence-electron chi connectivity index (χ2n) is 2.67. The van der Waals surface area contributed by atoms with Gasteiger partial charge in [-0.3, -0.25) is 4.79 Å². The first-order valence-electron chi connectivity index (χ1n) is 3.76. The Kier molecular flexibility index (Phi) is 3.98. The fourth-order valence-electron chi connectivity index (χ4n) is 0.981. The quantitative estimate of drug-likeness (QED) is 0.873. The van der Waals surface area contributed by atoms with E-state index in [9.17, 15) is 13.6 Å². The molecule has 0 saturated carbocycles. The lowest BCUT2D eigenvalue weighted by molar-refractivity contribution is -0.136. The topological polar surface area (TPSA) is 50.2 Å². The molecule has 1 rings (SSSR count). The van der Waals surface area contributed by atoms with E-state index in [4.69, 9.17) is 16.7 Å². The Morgan fingerprint density at radius 2 is 2.27 bits per heavy atom. The van der Waals surface area contributed by atoms with Gasteiger partial charge in [0.15, 0.2) is 0 Å². The number of halogens is 4. The average molecular weight is 300 g/mol. The van der Waals surface area contributed by atoms with Crippen LogP contribution in [0.5, 0.6) is 0 Å². The summed E-state index contributed by atoms with van der Waals surface area (Å²) in [5.41, 5.74) is -0.297. The highest BCUT2D eigenvalue weighted by atomic mass is 79.9. The number of carboxylic acid groups (broad SMARTS) is 1. The highest BCUT2D eigenvalue weighted by Gasteiger charge is 2.18. The van der Waals surface area contributed by atoms with Crippen molar-refractivity contribution in [1.29, 1.82) is 0 Å². The van der Waals surface area contributed by atoms with Gasteiger partial charge in [-0.15, -0.1) is 0 Å². The van der Waals surface area contributed by atoms with Crippen molar-refractivity contribution in [2.45, 2.75) is 12.8 Å². The fourth-order valence-corrected chi connectivity index (χ4v) is 2.01. The van der Waals surface area contributed by atoms with Gasteiger partial charge in [-0.25, -0.2) is 13.8 Å². The zero-order valence-electron chi connectivity index (χ0n) is 7.18. The minimum absolute atomic E-state index is 0.124. The van der Waals surface area contributed by atoms with Crippen LogP contribution in [0, 0.1) is 0 Å². The number of carbonyl (C=O) groups is 1. The molecule has 1 aromatic rings. The van der Waals surface area contributed by atoms with Crippen molar-refractivity contribution in [3.8, 4) is 0 Å². The molecule has 3 nitrogen and oxygen atoms in total. The number of aromatic nitrogens is 1. The monoisotopic (exact) mass is 299 g/mol. The second-order valence-corrected chi connectivity index (χ2v) is 3.83. The van der Waals surface area contributed by atoms with E-state index in [2.05, 4.69) is 20.9 Å². The van der Waals surface area contributed by atoms with Crippen LogP contribution in [0.25, 0.3) is 0 Å². The van der Waals surface area contributed by atoms with Crippen LogP contribution in [-0.4, -0.2) is 16.1 Å². The van der Waals surface area contributed by atoms with Crippen molar-refractivity contribution < 1.29 is 18.7 Å². The van der Waals surface area contributed by atoms with Gasteiger partial charge in [-0.05, 0) is 22.0 Å². The van der Waals surface area contributed by atoms with E-state index in [1.165, 1.54) is 0 Å². The van der Waals surface area contributed by atoms with Crippen LogP contribution in [0.15, 0.2) is 10.7 Å². The molecule has 82 valence electrons. The standard InChI is InChI=1S/C8H5BrClF2NO2/c9-7-6(8(11)12)4(10)1-3(13-7)2-5(14)15/h1,8H,2H2,(H,14,15). The number of hydrogen-bond acceptors (Lipinski definition) is 2. The molecule has 1 aromatic heterocycles. The van der Waals surface area contributed by atoms with E-state index in [1.54, 1.807) is 0 Å². The van der Waals surface area contributed by atoms with Crippen LogP contribution >= 0.6 is 27.5 Å². The van der Waals surface area contributed by atoms with E-state index in [-0.39, 0.29) is 21.7 Å². The van der Waals surface area contributed by atoms with Gasteiger partial charge in [-0.1, -0.05) is 11.6 Å². The van der Waals surface area contributed by atoms with Crippen molar-refractivity contribution >= 4 is 33.5 Å². The third-order valence-electron chi connectivity index (χ3n) is 1.57. The van der Waals surface area contributed by atoms with E-state index < -0.39 is 18.0 Å². The van der Waals surface area contributed by atoms with Crippen molar-refractivity contribution in [1.82, 2.24) is 4.98 Å². The number of rotatable bonds is 3. The fraction of sp³-hybridized carbons (Fsp3) is 0.250. The molecule has 15 heavy (non-hydrogen) atoms. The Labute approximate surface area is 97.2 Å². The van der Waals surface area contributed by atoms with Crippen LogP contribution in [0.1, 0.15) is 17.7 Å². The number of hydrogen-bond donors (Lipinski definition) is 1. The molecule has 0 aliphatic rings. The minimum Gasteiger partial charge on any atom is -0.481 e. The summed E-state index contributed by atoms with van der Waals surface area (Å²) in [5.74, 6) is -1.10. The van der Waals surface area contributed by atoms with Crippen molar-refractivity contribution in [2.75, 3.05) is 0 Å². The van der Waals surface area contributed by atoms with E-state index in [0.29, 0.717) is 0 Å². The maximum absolute atomic E-state index is 12.4. The van der Waals surface area contributed by atoms with E-state index in [1.807, 2.05) is 0 Å². The molecule has 1 heterocycles. The van der Waals surface area contributed by atoms with Crippen LogP contribution in [0.2, 0.25) is 5.02 Å². The lowest BCUT2D eigenvalue weighted by atomic mass is 10.2. The SMILES string of the molecule is O=C(O)Cc1cc(Cl)c(C(F)F)c(Br)n1. The summed E-state index contributed by atoms with van der Waals surface area (Å²) in [4.78, 5) is 14.0. The minimum atomic E-state index is -2.75. The molecule has 7 heteroatoms. The van der Waals surface area contributed by atoms with Crippen LogP contribution in [0.4, 0.5) is 8.78 Å².